The summed E-state index contributed by atoms with van der Waals surface area (Å²) >= 11 is 5.28. The second-order valence-electron chi connectivity index (χ2n) is 6.62. The molecule has 0 saturated heterocycles. The van der Waals surface area contributed by atoms with E-state index in [1.165, 1.54) is 24.3 Å². The van der Waals surface area contributed by atoms with Crippen LogP contribution in [0.4, 0.5) is 11.4 Å². The van der Waals surface area contributed by atoms with Crippen molar-refractivity contribution in [2.24, 2.45) is 0 Å². The van der Waals surface area contributed by atoms with E-state index in [1.54, 1.807) is 24.3 Å². The maximum Gasteiger partial charge on any atom is 0.269 e. The summed E-state index contributed by atoms with van der Waals surface area (Å²) in [6, 6.07) is 21.2. The predicted molar refractivity (Wildman–Crippen MR) is 121 cm³/mol. The van der Waals surface area contributed by atoms with Crippen LogP contribution in [0.3, 0.4) is 0 Å². The van der Waals surface area contributed by atoms with Crippen molar-refractivity contribution in [3.63, 3.8) is 0 Å². The van der Waals surface area contributed by atoms with Crippen molar-refractivity contribution >= 4 is 28.7 Å². The number of hydrogen-bond donors (Lipinski definition) is 4. The Morgan fingerprint density at radius 2 is 1.61 bits per heavy atom. The molecule has 160 valence electrons. The van der Waals surface area contributed by atoms with Crippen molar-refractivity contribution in [3.8, 4) is 11.5 Å². The number of benzene rings is 3. The van der Waals surface area contributed by atoms with Crippen LogP contribution in [0.1, 0.15) is 11.7 Å². The lowest BCUT2D eigenvalue weighted by Crippen LogP contribution is -2.43. The van der Waals surface area contributed by atoms with Crippen LogP contribution in [-0.2, 0) is 0 Å². The van der Waals surface area contributed by atoms with E-state index in [2.05, 4.69) is 10.6 Å². The van der Waals surface area contributed by atoms with Gasteiger partial charge in [-0.25, -0.2) is 0 Å². The number of para-hydroxylation sites is 1. The van der Waals surface area contributed by atoms with Gasteiger partial charge in [0.25, 0.3) is 5.69 Å². The second kappa shape index (κ2) is 10.5. The van der Waals surface area contributed by atoms with E-state index in [1.807, 2.05) is 30.3 Å². The maximum atomic E-state index is 10.8. The Bertz CT molecular complexity index is 1010. The average molecular weight is 439 g/mol. The molecule has 8 nitrogen and oxygen atoms in total. The largest absolute Gasteiger partial charge is 0.457 e. The average Bonchev–Trinajstić information content (AvgIpc) is 2.79. The number of aliphatic hydroxyl groups is 2. The highest BCUT2D eigenvalue weighted by Crippen LogP contribution is 2.23. The number of non-ortho nitro benzene ring substituents is 1. The van der Waals surface area contributed by atoms with Crippen LogP contribution in [0, 0.1) is 10.1 Å². The SMILES string of the molecule is O=[N+]([O-])c1ccc(C(O)C(CO)NC(=S)Nc2ccc(Oc3ccccc3)cc2)cc1. The maximum absolute atomic E-state index is 10.8. The summed E-state index contributed by atoms with van der Waals surface area (Å²) in [6.07, 6.45) is -1.12. The van der Waals surface area contributed by atoms with Crippen molar-refractivity contribution in [2.75, 3.05) is 11.9 Å². The van der Waals surface area contributed by atoms with Crippen LogP contribution in [0.25, 0.3) is 0 Å². The van der Waals surface area contributed by atoms with Crippen molar-refractivity contribution in [1.29, 1.82) is 0 Å². The van der Waals surface area contributed by atoms with Gasteiger partial charge in [-0.3, -0.25) is 10.1 Å². The molecule has 0 fully saturated rings. The fourth-order valence-corrected chi connectivity index (χ4v) is 3.09. The molecule has 3 aromatic carbocycles. The Morgan fingerprint density at radius 3 is 2.19 bits per heavy atom. The third kappa shape index (κ3) is 6.22. The summed E-state index contributed by atoms with van der Waals surface area (Å²) < 4.78 is 5.74. The van der Waals surface area contributed by atoms with Gasteiger partial charge in [-0.2, -0.15) is 0 Å². The van der Waals surface area contributed by atoms with Crippen LogP contribution in [0.2, 0.25) is 0 Å². The summed E-state index contributed by atoms with van der Waals surface area (Å²) in [5.74, 6) is 1.39. The highest BCUT2D eigenvalue weighted by atomic mass is 32.1. The molecule has 3 aromatic rings. The molecule has 0 heterocycles. The van der Waals surface area contributed by atoms with Gasteiger partial charge in [0.1, 0.15) is 17.6 Å². The number of nitrogens with zero attached hydrogens (tertiary/aromatic N) is 1. The molecular formula is C22H21N3O5S. The third-order valence-corrected chi connectivity index (χ3v) is 4.65. The lowest BCUT2D eigenvalue weighted by Gasteiger charge is -2.24. The van der Waals surface area contributed by atoms with Crippen molar-refractivity contribution in [3.05, 3.63) is 94.5 Å². The Hall–Kier alpha value is -3.53. The zero-order valence-corrected chi connectivity index (χ0v) is 17.2. The van der Waals surface area contributed by atoms with E-state index >= 15 is 0 Å². The van der Waals surface area contributed by atoms with Crippen molar-refractivity contribution < 1.29 is 19.9 Å². The van der Waals surface area contributed by atoms with Crippen molar-refractivity contribution in [1.82, 2.24) is 5.32 Å². The van der Waals surface area contributed by atoms with Gasteiger partial charge in [0.05, 0.1) is 17.6 Å². The van der Waals surface area contributed by atoms with Gasteiger partial charge < -0.3 is 25.6 Å². The molecule has 0 spiro atoms. The zero-order chi connectivity index (χ0) is 22.2. The number of ether oxygens (including phenoxy) is 1. The Balaban J connectivity index is 1.57. The van der Waals surface area contributed by atoms with E-state index in [4.69, 9.17) is 17.0 Å². The molecule has 0 saturated carbocycles. The van der Waals surface area contributed by atoms with Crippen molar-refractivity contribution in [2.45, 2.75) is 12.1 Å². The number of rotatable bonds is 8. The second-order valence-corrected chi connectivity index (χ2v) is 7.03. The first kappa shape index (κ1) is 22.2. The Morgan fingerprint density at radius 1 is 1.00 bits per heavy atom. The normalized spacial score (nSPS) is 12.5. The molecule has 2 atom stereocenters. The summed E-state index contributed by atoms with van der Waals surface area (Å²) in [4.78, 5) is 10.2. The van der Waals surface area contributed by atoms with E-state index in [-0.39, 0.29) is 10.8 Å². The Labute approximate surface area is 184 Å². The van der Waals surface area contributed by atoms with Gasteiger partial charge in [0.2, 0.25) is 0 Å². The van der Waals surface area contributed by atoms with Gasteiger partial charge in [-0.15, -0.1) is 0 Å². The summed E-state index contributed by atoms with van der Waals surface area (Å²) in [7, 11) is 0. The first-order chi connectivity index (χ1) is 15.0. The van der Waals surface area contributed by atoms with E-state index in [0.717, 1.165) is 5.75 Å². The predicted octanol–water partition coefficient (Wildman–Crippen LogP) is 3.77. The Kier molecular flexibility index (Phi) is 7.50. The summed E-state index contributed by atoms with van der Waals surface area (Å²) in [5, 5.41) is 37.0. The standard InChI is InChI=1S/C22H21N3O5S/c26-14-20(21(27)15-6-10-17(11-7-15)25(28)29)24-22(31)23-16-8-12-19(13-9-16)30-18-4-2-1-3-5-18/h1-13,20-21,26-27H,14H2,(H2,23,24,31). The van der Waals surface area contributed by atoms with Crippen LogP contribution in [-0.4, -0.2) is 32.9 Å². The molecule has 0 aliphatic rings. The molecule has 0 amide bonds. The lowest BCUT2D eigenvalue weighted by atomic mass is 10.0. The van der Waals surface area contributed by atoms with Gasteiger partial charge in [0, 0.05) is 17.8 Å². The minimum Gasteiger partial charge on any atom is -0.457 e. The number of thiocarbonyl (C=S) groups is 1. The number of nitrogens with one attached hydrogen (secondary N) is 2. The number of nitro benzene ring substituents is 1. The number of nitro groups is 1. The van der Waals surface area contributed by atoms with Gasteiger partial charge in [0.15, 0.2) is 5.11 Å². The van der Waals surface area contributed by atoms with Gasteiger partial charge >= 0.3 is 0 Å². The fourth-order valence-electron chi connectivity index (χ4n) is 2.82. The summed E-state index contributed by atoms with van der Waals surface area (Å²) in [5.41, 5.74) is 1.03. The van der Waals surface area contributed by atoms with Gasteiger partial charge in [-0.05, 0) is 66.3 Å². The minimum absolute atomic E-state index is 0.0821. The monoisotopic (exact) mass is 439 g/mol. The third-order valence-electron chi connectivity index (χ3n) is 4.43. The molecule has 0 bridgehead atoms. The topological polar surface area (TPSA) is 117 Å². The molecule has 0 aliphatic carbocycles. The molecular weight excluding hydrogens is 418 g/mol. The molecule has 4 N–H and O–H groups in total. The smallest absolute Gasteiger partial charge is 0.269 e. The molecule has 0 aliphatic heterocycles. The molecule has 2 unspecified atom stereocenters. The van der Waals surface area contributed by atoms with E-state index in [0.29, 0.717) is 17.0 Å². The first-order valence-electron chi connectivity index (χ1n) is 9.40. The summed E-state index contributed by atoms with van der Waals surface area (Å²) in [6.45, 7) is -0.399. The van der Waals surface area contributed by atoms with Crippen LogP contribution >= 0.6 is 12.2 Å². The first-order valence-corrected chi connectivity index (χ1v) is 9.81. The number of hydrogen-bond acceptors (Lipinski definition) is 6. The zero-order valence-electron chi connectivity index (χ0n) is 16.3. The van der Waals surface area contributed by atoms with Crippen LogP contribution in [0.15, 0.2) is 78.9 Å². The highest BCUT2D eigenvalue weighted by Gasteiger charge is 2.22. The molecule has 9 heteroatoms. The van der Waals surface area contributed by atoms with Crippen LogP contribution < -0.4 is 15.4 Å². The van der Waals surface area contributed by atoms with Gasteiger partial charge in [-0.1, -0.05) is 18.2 Å². The highest BCUT2D eigenvalue weighted by molar-refractivity contribution is 7.80. The molecule has 31 heavy (non-hydrogen) atoms. The van der Waals surface area contributed by atoms with E-state index in [9.17, 15) is 20.3 Å². The molecule has 3 rings (SSSR count). The van der Waals surface area contributed by atoms with Crippen LogP contribution in [0.5, 0.6) is 11.5 Å². The minimum atomic E-state index is -1.12. The van der Waals surface area contributed by atoms with E-state index < -0.39 is 23.7 Å². The quantitative estimate of drug-likeness (QED) is 0.238. The number of anilines is 1. The number of aliphatic hydroxyl groups excluding tert-OH is 2. The molecule has 0 radical (unpaired) electrons. The fraction of sp³-hybridized carbons (Fsp3) is 0.136. The molecule has 0 aromatic heterocycles. The lowest BCUT2D eigenvalue weighted by molar-refractivity contribution is -0.384.